The van der Waals surface area contributed by atoms with E-state index >= 15 is 0 Å². The Bertz CT molecular complexity index is 1090. The Morgan fingerprint density at radius 2 is 2.11 bits per heavy atom. The summed E-state index contributed by atoms with van der Waals surface area (Å²) in [5.74, 6) is 6.30. The van der Waals surface area contributed by atoms with E-state index in [4.69, 9.17) is 4.74 Å². The van der Waals surface area contributed by atoms with Gasteiger partial charge in [-0.1, -0.05) is 32.6 Å². The van der Waals surface area contributed by atoms with E-state index in [1.165, 1.54) is 6.20 Å². The zero-order valence-corrected chi connectivity index (χ0v) is 21.1. The van der Waals surface area contributed by atoms with Crippen molar-refractivity contribution in [2.75, 3.05) is 26.7 Å². The number of nitrogens with zero attached hydrogens (tertiary/aromatic N) is 4. The van der Waals surface area contributed by atoms with Crippen LogP contribution in [0.5, 0.6) is 5.88 Å². The van der Waals surface area contributed by atoms with Crippen LogP contribution in [-0.2, 0) is 0 Å². The first-order valence-corrected chi connectivity index (χ1v) is 11.9. The summed E-state index contributed by atoms with van der Waals surface area (Å²) in [5.41, 5.74) is 1.43. The van der Waals surface area contributed by atoms with Gasteiger partial charge in [0.15, 0.2) is 0 Å². The van der Waals surface area contributed by atoms with E-state index < -0.39 is 6.10 Å². The summed E-state index contributed by atoms with van der Waals surface area (Å²) in [7, 11) is 1.71. The maximum Gasteiger partial charge on any atom is 0.259 e. The van der Waals surface area contributed by atoms with Gasteiger partial charge in [0.05, 0.1) is 24.8 Å². The summed E-state index contributed by atoms with van der Waals surface area (Å²) in [6.07, 6.45) is 5.07. The van der Waals surface area contributed by atoms with Crippen LogP contribution < -0.4 is 4.74 Å². The van der Waals surface area contributed by atoms with Crippen molar-refractivity contribution in [3.05, 3.63) is 53.5 Å². The second-order valence-electron chi connectivity index (χ2n) is 9.53. The number of ether oxygens (including phenoxy) is 1. The molecule has 8 nitrogen and oxygen atoms in total. The standard InChI is InChI=1S/C27H34N4O4/c1-18(2)8-6-9-21-12-23-25(29-13-21)35-24(19(3)15-31(27(23)34)20(4)17-32)16-30(5)26(33)22-10-7-11-28-14-22/h7,10-14,18-20,24,32H,8,15-17H2,1-5H3/t19-,20-,24-/m1/s1. The fourth-order valence-electron chi connectivity index (χ4n) is 3.81. The second-order valence-corrected chi connectivity index (χ2v) is 9.53. The predicted molar refractivity (Wildman–Crippen MR) is 133 cm³/mol. The molecule has 35 heavy (non-hydrogen) atoms. The maximum absolute atomic E-state index is 13.5. The van der Waals surface area contributed by atoms with Gasteiger partial charge in [-0.05, 0) is 31.0 Å². The molecule has 0 radical (unpaired) electrons. The first kappa shape index (κ1) is 26.2. The van der Waals surface area contributed by atoms with Gasteiger partial charge in [0.25, 0.3) is 11.8 Å². The Labute approximate surface area is 207 Å². The quantitative estimate of drug-likeness (QED) is 0.642. The topological polar surface area (TPSA) is 95.9 Å². The highest BCUT2D eigenvalue weighted by Crippen LogP contribution is 2.27. The highest BCUT2D eigenvalue weighted by molar-refractivity contribution is 5.97. The molecule has 0 aliphatic carbocycles. The van der Waals surface area contributed by atoms with Crippen LogP contribution in [0.4, 0.5) is 0 Å². The smallest absolute Gasteiger partial charge is 0.259 e. The number of aliphatic hydroxyl groups is 1. The summed E-state index contributed by atoms with van der Waals surface area (Å²) in [4.78, 5) is 38.1. The Kier molecular flexibility index (Phi) is 8.83. The highest BCUT2D eigenvalue weighted by atomic mass is 16.5. The van der Waals surface area contributed by atoms with Gasteiger partial charge < -0.3 is 19.6 Å². The molecule has 0 bridgehead atoms. The van der Waals surface area contributed by atoms with Crippen molar-refractivity contribution in [1.82, 2.24) is 19.8 Å². The summed E-state index contributed by atoms with van der Waals surface area (Å²) < 4.78 is 6.26. The van der Waals surface area contributed by atoms with Crippen LogP contribution in [0.2, 0.25) is 0 Å². The molecular formula is C27H34N4O4. The van der Waals surface area contributed by atoms with Gasteiger partial charge in [-0.25, -0.2) is 4.98 Å². The van der Waals surface area contributed by atoms with Gasteiger partial charge in [0.2, 0.25) is 5.88 Å². The average Bonchev–Trinajstić information content (AvgIpc) is 2.85. The van der Waals surface area contributed by atoms with Gasteiger partial charge in [-0.3, -0.25) is 14.6 Å². The Morgan fingerprint density at radius 3 is 2.77 bits per heavy atom. The van der Waals surface area contributed by atoms with Crippen molar-refractivity contribution in [3.8, 4) is 17.7 Å². The number of aromatic nitrogens is 2. The zero-order chi connectivity index (χ0) is 25.5. The van der Waals surface area contributed by atoms with E-state index in [2.05, 4.69) is 35.7 Å². The van der Waals surface area contributed by atoms with Gasteiger partial charge in [-0.15, -0.1) is 0 Å². The van der Waals surface area contributed by atoms with Gasteiger partial charge >= 0.3 is 0 Å². The predicted octanol–water partition coefficient (Wildman–Crippen LogP) is 2.87. The van der Waals surface area contributed by atoms with Gasteiger partial charge in [0, 0.05) is 50.1 Å². The SMILES string of the molecule is CC(C)CC#Cc1cnc2c(c1)C(=O)N([C@H](C)CO)C[C@@H](C)[C@@H](CN(C)C(=O)c1cccnc1)O2. The summed E-state index contributed by atoms with van der Waals surface area (Å²) >= 11 is 0. The lowest BCUT2D eigenvalue weighted by molar-refractivity contribution is 0.0313. The van der Waals surface area contributed by atoms with Crippen LogP contribution in [-0.4, -0.2) is 75.6 Å². The van der Waals surface area contributed by atoms with Crippen molar-refractivity contribution in [1.29, 1.82) is 0 Å². The number of likely N-dealkylation sites (N-methyl/N-ethyl adjacent to an activating group) is 1. The lowest BCUT2D eigenvalue weighted by Gasteiger charge is -2.37. The molecule has 0 spiro atoms. The Hall–Kier alpha value is -3.44. The number of pyridine rings is 2. The van der Waals surface area contributed by atoms with Crippen LogP contribution in [0, 0.1) is 23.7 Å². The van der Waals surface area contributed by atoms with Crippen LogP contribution in [0.3, 0.4) is 0 Å². The number of aliphatic hydroxyl groups excluding tert-OH is 1. The number of carbonyl (C=O) groups excluding carboxylic acids is 2. The van der Waals surface area contributed by atoms with Gasteiger partial charge in [0.1, 0.15) is 11.7 Å². The molecule has 0 aromatic carbocycles. The van der Waals surface area contributed by atoms with Crippen molar-refractivity contribution in [2.24, 2.45) is 11.8 Å². The van der Waals surface area contributed by atoms with Gasteiger partial charge in [-0.2, -0.15) is 0 Å². The molecule has 3 heterocycles. The molecular weight excluding hydrogens is 444 g/mol. The van der Waals surface area contributed by atoms with Crippen molar-refractivity contribution < 1.29 is 19.4 Å². The van der Waals surface area contributed by atoms with Crippen molar-refractivity contribution in [2.45, 2.75) is 46.3 Å². The van der Waals surface area contributed by atoms with E-state index in [0.717, 1.165) is 6.42 Å². The highest BCUT2D eigenvalue weighted by Gasteiger charge is 2.34. The molecule has 8 heteroatoms. The third-order valence-corrected chi connectivity index (χ3v) is 5.97. The number of fused-ring (bicyclic) bond motifs is 1. The molecule has 3 atom stereocenters. The molecule has 0 unspecified atom stereocenters. The molecule has 2 amide bonds. The van der Waals surface area contributed by atoms with Crippen LogP contribution in [0.15, 0.2) is 36.8 Å². The minimum Gasteiger partial charge on any atom is -0.472 e. The second kappa shape index (κ2) is 11.8. The number of hydrogen-bond donors (Lipinski definition) is 1. The molecule has 0 saturated heterocycles. The molecule has 1 aliphatic rings. The number of carbonyl (C=O) groups is 2. The summed E-state index contributed by atoms with van der Waals surface area (Å²) in [6.45, 7) is 8.45. The molecule has 3 rings (SSSR count). The van der Waals surface area contributed by atoms with E-state index in [-0.39, 0.29) is 36.3 Å². The molecule has 186 valence electrons. The Morgan fingerprint density at radius 1 is 1.34 bits per heavy atom. The lowest BCUT2D eigenvalue weighted by atomic mass is 9.99. The van der Waals surface area contributed by atoms with E-state index in [1.54, 1.807) is 54.4 Å². The number of hydrogen-bond acceptors (Lipinski definition) is 6. The molecule has 2 aromatic heterocycles. The average molecular weight is 479 g/mol. The number of rotatable bonds is 6. The molecule has 0 saturated carbocycles. The van der Waals surface area contributed by atoms with E-state index in [0.29, 0.717) is 35.7 Å². The van der Waals surface area contributed by atoms with Crippen LogP contribution >= 0.6 is 0 Å². The largest absolute Gasteiger partial charge is 0.472 e. The monoisotopic (exact) mass is 478 g/mol. The number of amides is 2. The van der Waals surface area contributed by atoms with Crippen molar-refractivity contribution in [3.63, 3.8) is 0 Å². The van der Waals surface area contributed by atoms with Crippen LogP contribution in [0.25, 0.3) is 0 Å². The van der Waals surface area contributed by atoms with E-state index in [1.807, 2.05) is 6.92 Å². The fourth-order valence-corrected chi connectivity index (χ4v) is 3.81. The fraction of sp³-hybridized carbons (Fsp3) is 0.481. The maximum atomic E-state index is 13.5. The third kappa shape index (κ3) is 6.58. The van der Waals surface area contributed by atoms with Crippen molar-refractivity contribution >= 4 is 11.8 Å². The first-order valence-electron chi connectivity index (χ1n) is 11.9. The zero-order valence-electron chi connectivity index (χ0n) is 21.1. The minimum atomic E-state index is -0.425. The first-order chi connectivity index (χ1) is 16.7. The lowest BCUT2D eigenvalue weighted by Crippen LogP contribution is -2.50. The molecule has 1 N–H and O–H groups in total. The van der Waals surface area contributed by atoms with Crippen LogP contribution in [0.1, 0.15) is 60.4 Å². The minimum absolute atomic E-state index is 0.127. The molecule has 0 fully saturated rings. The summed E-state index contributed by atoms with van der Waals surface area (Å²) in [6, 6.07) is 4.75. The summed E-state index contributed by atoms with van der Waals surface area (Å²) in [5, 5.41) is 9.81. The van der Waals surface area contributed by atoms with E-state index in [9.17, 15) is 14.7 Å². The Balaban J connectivity index is 1.93. The molecule has 1 aliphatic heterocycles. The molecule has 2 aromatic rings. The third-order valence-electron chi connectivity index (χ3n) is 5.97. The normalized spacial score (nSPS) is 18.5.